The Labute approximate surface area is 195 Å². The average Bonchev–Trinajstić information content (AvgIpc) is 2.82. The molecule has 33 heavy (non-hydrogen) atoms. The molecule has 2 N–H and O–H groups in total. The van der Waals surface area contributed by atoms with Crippen molar-refractivity contribution in [2.45, 2.75) is 32.6 Å². The fraction of sp³-hybridized carbons (Fsp3) is 0.346. The first kappa shape index (κ1) is 24.0. The number of hydrogen-bond acceptors (Lipinski definition) is 6. The minimum absolute atomic E-state index is 0.143. The maximum Gasteiger partial charge on any atom is 0.339 e. The fourth-order valence-corrected chi connectivity index (χ4v) is 3.45. The van der Waals surface area contributed by atoms with E-state index >= 15 is 0 Å². The summed E-state index contributed by atoms with van der Waals surface area (Å²) in [5.74, 6) is 0.692. The van der Waals surface area contributed by atoms with E-state index in [9.17, 15) is 9.90 Å². The SMILES string of the molecule is CC(C)c1ccc(OCCNc2ncc(C(=O)O)c(CCCN(C)c3ccccc3)n2)cc1. The predicted octanol–water partition coefficient (Wildman–Crippen LogP) is 4.86. The van der Waals surface area contributed by atoms with Gasteiger partial charge in [0, 0.05) is 25.5 Å². The second kappa shape index (κ2) is 11.9. The first-order valence-corrected chi connectivity index (χ1v) is 11.3. The summed E-state index contributed by atoms with van der Waals surface area (Å²) in [5.41, 5.74) is 3.07. The van der Waals surface area contributed by atoms with Gasteiger partial charge in [-0.3, -0.25) is 0 Å². The second-order valence-corrected chi connectivity index (χ2v) is 8.22. The Hall–Kier alpha value is -3.61. The number of para-hydroxylation sites is 1. The van der Waals surface area contributed by atoms with E-state index in [1.165, 1.54) is 11.8 Å². The number of aromatic carboxylic acids is 1. The van der Waals surface area contributed by atoms with Crippen LogP contribution in [0.25, 0.3) is 0 Å². The zero-order valence-corrected chi connectivity index (χ0v) is 19.5. The summed E-state index contributed by atoms with van der Waals surface area (Å²) in [6.07, 6.45) is 2.70. The molecule has 0 saturated carbocycles. The lowest BCUT2D eigenvalue weighted by molar-refractivity contribution is 0.0694. The highest BCUT2D eigenvalue weighted by molar-refractivity contribution is 5.88. The van der Waals surface area contributed by atoms with E-state index in [0.717, 1.165) is 24.4 Å². The molecule has 0 bridgehead atoms. The Bertz CT molecular complexity index is 1020. The van der Waals surface area contributed by atoms with Gasteiger partial charge in [-0.1, -0.05) is 44.2 Å². The number of aromatic nitrogens is 2. The van der Waals surface area contributed by atoms with Gasteiger partial charge in [0.15, 0.2) is 0 Å². The van der Waals surface area contributed by atoms with E-state index in [1.54, 1.807) is 0 Å². The Morgan fingerprint density at radius 3 is 2.52 bits per heavy atom. The van der Waals surface area contributed by atoms with Crippen molar-refractivity contribution < 1.29 is 14.6 Å². The van der Waals surface area contributed by atoms with Crippen LogP contribution in [0.3, 0.4) is 0 Å². The molecule has 174 valence electrons. The summed E-state index contributed by atoms with van der Waals surface area (Å²) in [5, 5.41) is 12.6. The predicted molar refractivity (Wildman–Crippen MR) is 132 cm³/mol. The van der Waals surface area contributed by atoms with E-state index in [4.69, 9.17) is 4.74 Å². The number of rotatable bonds is 12. The summed E-state index contributed by atoms with van der Waals surface area (Å²) in [4.78, 5) is 22.4. The van der Waals surface area contributed by atoms with Crippen molar-refractivity contribution in [1.29, 1.82) is 0 Å². The fourth-order valence-electron chi connectivity index (χ4n) is 3.45. The lowest BCUT2D eigenvalue weighted by Crippen LogP contribution is -2.20. The maximum atomic E-state index is 11.6. The van der Waals surface area contributed by atoms with Crippen molar-refractivity contribution >= 4 is 17.6 Å². The molecule has 3 aromatic rings. The van der Waals surface area contributed by atoms with Crippen LogP contribution in [0.2, 0.25) is 0 Å². The summed E-state index contributed by atoms with van der Waals surface area (Å²) < 4.78 is 5.77. The smallest absolute Gasteiger partial charge is 0.339 e. The van der Waals surface area contributed by atoms with Gasteiger partial charge in [0.1, 0.15) is 12.4 Å². The van der Waals surface area contributed by atoms with Gasteiger partial charge in [0.05, 0.1) is 17.8 Å². The molecular weight excluding hydrogens is 416 g/mol. The van der Waals surface area contributed by atoms with Crippen LogP contribution in [0.15, 0.2) is 60.8 Å². The van der Waals surface area contributed by atoms with Crippen LogP contribution in [-0.4, -0.2) is 47.8 Å². The molecule has 7 heteroatoms. The van der Waals surface area contributed by atoms with Gasteiger partial charge < -0.3 is 20.1 Å². The lowest BCUT2D eigenvalue weighted by atomic mass is 10.0. The van der Waals surface area contributed by atoms with Gasteiger partial charge in [-0.25, -0.2) is 14.8 Å². The second-order valence-electron chi connectivity index (χ2n) is 8.22. The minimum Gasteiger partial charge on any atom is -0.492 e. The van der Waals surface area contributed by atoms with Crippen molar-refractivity contribution in [2.75, 3.05) is 37.0 Å². The molecule has 3 rings (SSSR count). The molecular formula is C26H32N4O3. The molecule has 1 heterocycles. The number of hydrogen-bond donors (Lipinski definition) is 2. The molecule has 0 spiro atoms. The third-order valence-corrected chi connectivity index (χ3v) is 5.40. The Kier molecular flexibility index (Phi) is 8.63. The van der Waals surface area contributed by atoms with Gasteiger partial charge >= 0.3 is 5.97 Å². The normalized spacial score (nSPS) is 10.8. The van der Waals surface area contributed by atoms with E-state index in [-0.39, 0.29) is 5.56 Å². The molecule has 7 nitrogen and oxygen atoms in total. The summed E-state index contributed by atoms with van der Waals surface area (Å²) in [6, 6.07) is 18.2. The molecule has 0 aliphatic carbocycles. The van der Waals surface area contributed by atoms with Gasteiger partial charge in [-0.15, -0.1) is 0 Å². The number of anilines is 2. The minimum atomic E-state index is -1.01. The average molecular weight is 449 g/mol. The first-order chi connectivity index (χ1) is 15.9. The van der Waals surface area contributed by atoms with Crippen LogP contribution in [0.1, 0.15) is 47.8 Å². The lowest BCUT2D eigenvalue weighted by Gasteiger charge is -2.19. The Morgan fingerprint density at radius 2 is 1.85 bits per heavy atom. The van der Waals surface area contributed by atoms with E-state index in [1.807, 2.05) is 37.4 Å². The summed E-state index contributed by atoms with van der Waals surface area (Å²) >= 11 is 0. The van der Waals surface area contributed by atoms with E-state index in [2.05, 4.69) is 58.3 Å². The molecule has 0 aliphatic rings. The topological polar surface area (TPSA) is 87.6 Å². The first-order valence-electron chi connectivity index (χ1n) is 11.3. The number of nitrogens with one attached hydrogen (secondary N) is 1. The highest BCUT2D eigenvalue weighted by Crippen LogP contribution is 2.18. The van der Waals surface area contributed by atoms with E-state index in [0.29, 0.717) is 37.1 Å². The quantitative estimate of drug-likeness (QED) is 0.383. The van der Waals surface area contributed by atoms with Crippen molar-refractivity contribution in [2.24, 2.45) is 0 Å². The number of carboxylic acids is 1. The van der Waals surface area contributed by atoms with Gasteiger partial charge in [0.2, 0.25) is 5.95 Å². The zero-order chi connectivity index (χ0) is 23.6. The number of aryl methyl sites for hydroxylation is 1. The highest BCUT2D eigenvalue weighted by Gasteiger charge is 2.14. The zero-order valence-electron chi connectivity index (χ0n) is 19.5. The third kappa shape index (κ3) is 7.20. The van der Waals surface area contributed by atoms with Crippen molar-refractivity contribution in [3.63, 3.8) is 0 Å². The molecule has 0 aliphatic heterocycles. The van der Waals surface area contributed by atoms with Crippen molar-refractivity contribution in [3.05, 3.63) is 77.6 Å². The van der Waals surface area contributed by atoms with Crippen molar-refractivity contribution in [3.8, 4) is 5.75 Å². The van der Waals surface area contributed by atoms with Crippen LogP contribution in [0.4, 0.5) is 11.6 Å². The van der Waals surface area contributed by atoms with Gasteiger partial charge in [-0.05, 0) is 48.6 Å². The molecule has 0 atom stereocenters. The summed E-state index contributed by atoms with van der Waals surface area (Å²) in [6.45, 7) is 6.06. The molecule has 2 aromatic carbocycles. The largest absolute Gasteiger partial charge is 0.492 e. The van der Waals surface area contributed by atoms with Crippen LogP contribution >= 0.6 is 0 Å². The summed E-state index contributed by atoms with van der Waals surface area (Å²) in [7, 11) is 2.02. The van der Waals surface area contributed by atoms with Crippen LogP contribution in [-0.2, 0) is 6.42 Å². The third-order valence-electron chi connectivity index (χ3n) is 5.40. The number of benzene rings is 2. The molecule has 1 aromatic heterocycles. The maximum absolute atomic E-state index is 11.6. The highest BCUT2D eigenvalue weighted by atomic mass is 16.5. The molecule has 0 fully saturated rings. The van der Waals surface area contributed by atoms with Crippen LogP contribution in [0.5, 0.6) is 5.75 Å². The van der Waals surface area contributed by atoms with E-state index < -0.39 is 5.97 Å². The number of carbonyl (C=O) groups is 1. The van der Waals surface area contributed by atoms with Crippen molar-refractivity contribution in [1.82, 2.24) is 9.97 Å². The van der Waals surface area contributed by atoms with Crippen LogP contribution < -0.4 is 15.0 Å². The standard InChI is InChI=1S/C26H32N4O3/c1-19(2)20-11-13-22(14-12-20)33-17-15-27-26-28-18-23(25(31)32)24(29-26)10-7-16-30(3)21-8-5-4-6-9-21/h4-6,8-9,11-14,18-19H,7,10,15-17H2,1-3H3,(H,31,32)(H,27,28,29). The monoisotopic (exact) mass is 448 g/mol. The Morgan fingerprint density at radius 1 is 1.12 bits per heavy atom. The van der Waals surface area contributed by atoms with Crippen LogP contribution in [0, 0.1) is 0 Å². The van der Waals surface area contributed by atoms with Gasteiger partial charge in [-0.2, -0.15) is 0 Å². The number of carboxylic acid groups (broad SMARTS) is 1. The molecule has 0 radical (unpaired) electrons. The molecule has 0 saturated heterocycles. The molecule has 0 amide bonds. The number of ether oxygens (including phenoxy) is 1. The number of nitrogens with zero attached hydrogens (tertiary/aromatic N) is 3. The molecule has 0 unspecified atom stereocenters. The van der Waals surface area contributed by atoms with Gasteiger partial charge in [0.25, 0.3) is 0 Å². The Balaban J connectivity index is 1.51.